The van der Waals surface area contributed by atoms with Gasteiger partial charge in [-0.1, -0.05) is 0 Å². The quantitative estimate of drug-likeness (QED) is 0.650. The smallest absolute Gasteiger partial charge is 0.385 e. The van der Waals surface area contributed by atoms with Crippen LogP contribution in [0.15, 0.2) is 0 Å². The molecule has 0 aliphatic carbocycles. The van der Waals surface area contributed by atoms with Crippen LogP contribution >= 0.6 is 0 Å². The van der Waals surface area contributed by atoms with Gasteiger partial charge < -0.3 is 15.2 Å². The predicted octanol–water partition coefficient (Wildman–Crippen LogP) is 0.929. The van der Waals surface area contributed by atoms with E-state index in [1.165, 1.54) is 7.11 Å². The Morgan fingerprint density at radius 2 is 1.92 bits per heavy atom. The molecule has 6 heteroatoms. The van der Waals surface area contributed by atoms with Crippen LogP contribution in [-0.2, 0) is 9.47 Å². The molecule has 0 spiro atoms. The zero-order valence-corrected chi connectivity index (χ0v) is 7.43. The lowest BCUT2D eigenvalue weighted by atomic mass is 10.3. The van der Waals surface area contributed by atoms with Crippen LogP contribution in [0.1, 0.15) is 6.42 Å². The van der Waals surface area contributed by atoms with Gasteiger partial charge in [0.05, 0.1) is 0 Å². The van der Waals surface area contributed by atoms with Crippen molar-refractivity contribution in [2.24, 2.45) is 5.73 Å². The molecule has 1 atom stereocenters. The minimum atomic E-state index is -4.37. The first-order valence-electron chi connectivity index (χ1n) is 3.89. The standard InChI is InChI=1S/C7H14F3NO2/c1-12-3-2-4-13-6(5-11)7(8,9)10/h6H,2-5,11H2,1H3. The van der Waals surface area contributed by atoms with Crippen molar-refractivity contribution in [2.45, 2.75) is 18.7 Å². The summed E-state index contributed by atoms with van der Waals surface area (Å²) < 4.78 is 45.2. The first-order valence-corrected chi connectivity index (χ1v) is 3.89. The highest BCUT2D eigenvalue weighted by atomic mass is 19.4. The molecule has 0 aromatic heterocycles. The van der Waals surface area contributed by atoms with Gasteiger partial charge in [-0.25, -0.2) is 0 Å². The molecule has 0 radical (unpaired) electrons. The summed E-state index contributed by atoms with van der Waals surface area (Å²) in [6.07, 6.45) is -5.80. The molecule has 0 bridgehead atoms. The Kier molecular flexibility index (Phi) is 6.02. The molecular formula is C7H14F3NO2. The lowest BCUT2D eigenvalue weighted by Crippen LogP contribution is -2.38. The number of ether oxygens (including phenoxy) is 2. The molecule has 0 saturated heterocycles. The monoisotopic (exact) mass is 201 g/mol. The minimum Gasteiger partial charge on any atom is -0.385 e. The van der Waals surface area contributed by atoms with Gasteiger partial charge in [-0.2, -0.15) is 13.2 Å². The SMILES string of the molecule is COCCCOC(CN)C(F)(F)F. The molecule has 0 aromatic rings. The number of hydrogen-bond donors (Lipinski definition) is 1. The van der Waals surface area contributed by atoms with Crippen LogP contribution in [0.25, 0.3) is 0 Å². The second-order valence-corrected chi connectivity index (χ2v) is 2.48. The number of halogens is 3. The maximum absolute atomic E-state index is 12.0. The summed E-state index contributed by atoms with van der Waals surface area (Å²) in [5.41, 5.74) is 4.90. The van der Waals surface area contributed by atoms with Crippen molar-refractivity contribution in [2.75, 3.05) is 26.9 Å². The Morgan fingerprint density at radius 1 is 1.31 bits per heavy atom. The van der Waals surface area contributed by atoms with Crippen molar-refractivity contribution in [3.63, 3.8) is 0 Å². The van der Waals surface area contributed by atoms with Crippen molar-refractivity contribution < 1.29 is 22.6 Å². The molecule has 0 rings (SSSR count). The van der Waals surface area contributed by atoms with Crippen LogP contribution in [0, 0.1) is 0 Å². The molecule has 0 aliphatic rings. The van der Waals surface area contributed by atoms with Gasteiger partial charge in [-0.3, -0.25) is 0 Å². The number of alkyl halides is 3. The van der Waals surface area contributed by atoms with Crippen LogP contribution < -0.4 is 5.73 Å². The fourth-order valence-electron chi connectivity index (χ4n) is 0.725. The highest BCUT2D eigenvalue weighted by molar-refractivity contribution is 4.67. The summed E-state index contributed by atoms with van der Waals surface area (Å²) in [5.74, 6) is 0. The normalized spacial score (nSPS) is 14.5. The Bertz CT molecular complexity index is 129. The second kappa shape index (κ2) is 6.17. The fourth-order valence-corrected chi connectivity index (χ4v) is 0.725. The van der Waals surface area contributed by atoms with Gasteiger partial charge in [-0.05, 0) is 6.42 Å². The first kappa shape index (κ1) is 12.7. The first-order chi connectivity index (χ1) is 6.02. The van der Waals surface area contributed by atoms with E-state index in [1.54, 1.807) is 0 Å². The number of rotatable bonds is 6. The third kappa shape index (κ3) is 5.84. The average Bonchev–Trinajstić information content (AvgIpc) is 2.02. The third-order valence-electron chi connectivity index (χ3n) is 1.39. The Hall–Kier alpha value is -0.330. The van der Waals surface area contributed by atoms with Crippen molar-refractivity contribution in [3.05, 3.63) is 0 Å². The molecular weight excluding hydrogens is 187 g/mol. The molecule has 2 N–H and O–H groups in total. The zero-order valence-electron chi connectivity index (χ0n) is 7.43. The van der Waals surface area contributed by atoms with Gasteiger partial charge in [-0.15, -0.1) is 0 Å². The maximum Gasteiger partial charge on any atom is 0.415 e. The van der Waals surface area contributed by atoms with Crippen molar-refractivity contribution in [3.8, 4) is 0 Å². The average molecular weight is 201 g/mol. The molecule has 1 unspecified atom stereocenters. The highest BCUT2D eigenvalue weighted by Crippen LogP contribution is 2.21. The minimum absolute atomic E-state index is 0.00914. The Labute approximate surface area is 75.0 Å². The van der Waals surface area contributed by atoms with Crippen LogP contribution in [-0.4, -0.2) is 39.1 Å². The van der Waals surface area contributed by atoms with Crippen LogP contribution in [0.2, 0.25) is 0 Å². The highest BCUT2D eigenvalue weighted by Gasteiger charge is 2.39. The third-order valence-corrected chi connectivity index (χ3v) is 1.39. The molecule has 0 aromatic carbocycles. The van der Waals surface area contributed by atoms with E-state index in [4.69, 9.17) is 5.73 Å². The summed E-state index contributed by atoms with van der Waals surface area (Å²) in [4.78, 5) is 0. The summed E-state index contributed by atoms with van der Waals surface area (Å²) in [5, 5.41) is 0. The van der Waals surface area contributed by atoms with Crippen molar-refractivity contribution >= 4 is 0 Å². The number of methoxy groups -OCH3 is 1. The van der Waals surface area contributed by atoms with Crippen molar-refractivity contribution in [1.29, 1.82) is 0 Å². The van der Waals surface area contributed by atoms with Gasteiger partial charge in [0.1, 0.15) is 0 Å². The van der Waals surface area contributed by atoms with Gasteiger partial charge in [0.15, 0.2) is 6.10 Å². The predicted molar refractivity (Wildman–Crippen MR) is 41.3 cm³/mol. The summed E-state index contributed by atoms with van der Waals surface area (Å²) in [6.45, 7) is -0.152. The Balaban J connectivity index is 3.61. The van der Waals surface area contributed by atoms with Crippen LogP contribution in [0.4, 0.5) is 13.2 Å². The number of hydrogen-bond acceptors (Lipinski definition) is 3. The molecule has 0 amide bonds. The lowest BCUT2D eigenvalue weighted by molar-refractivity contribution is -0.217. The summed E-state index contributed by atoms with van der Waals surface area (Å²) in [7, 11) is 1.48. The zero-order chi connectivity index (χ0) is 10.3. The molecule has 3 nitrogen and oxygen atoms in total. The molecule has 0 aliphatic heterocycles. The van der Waals surface area contributed by atoms with Crippen molar-refractivity contribution in [1.82, 2.24) is 0 Å². The fraction of sp³-hybridized carbons (Fsp3) is 1.00. The van der Waals surface area contributed by atoms with Crippen LogP contribution in [0.5, 0.6) is 0 Å². The van der Waals surface area contributed by atoms with Gasteiger partial charge in [0.2, 0.25) is 0 Å². The number of nitrogens with two attached hydrogens (primary N) is 1. The molecule has 0 fully saturated rings. The molecule has 0 heterocycles. The van der Waals surface area contributed by atoms with E-state index >= 15 is 0 Å². The van der Waals surface area contributed by atoms with Crippen LogP contribution in [0.3, 0.4) is 0 Å². The van der Waals surface area contributed by atoms with E-state index in [0.717, 1.165) is 0 Å². The largest absolute Gasteiger partial charge is 0.415 e. The van der Waals surface area contributed by atoms with E-state index in [9.17, 15) is 13.2 Å². The maximum atomic E-state index is 12.0. The second-order valence-electron chi connectivity index (χ2n) is 2.48. The van der Waals surface area contributed by atoms with Gasteiger partial charge in [0.25, 0.3) is 0 Å². The van der Waals surface area contributed by atoms with Gasteiger partial charge in [0, 0.05) is 26.9 Å². The van der Waals surface area contributed by atoms with E-state index in [-0.39, 0.29) is 6.61 Å². The summed E-state index contributed by atoms with van der Waals surface area (Å²) >= 11 is 0. The topological polar surface area (TPSA) is 44.5 Å². The van der Waals surface area contributed by atoms with E-state index in [0.29, 0.717) is 13.0 Å². The van der Waals surface area contributed by atoms with E-state index < -0.39 is 18.8 Å². The molecule has 13 heavy (non-hydrogen) atoms. The summed E-state index contributed by atoms with van der Waals surface area (Å²) in [6, 6.07) is 0. The van der Waals surface area contributed by atoms with E-state index in [2.05, 4.69) is 9.47 Å². The molecule has 0 saturated carbocycles. The van der Waals surface area contributed by atoms with E-state index in [1.807, 2.05) is 0 Å². The van der Waals surface area contributed by atoms with Gasteiger partial charge >= 0.3 is 6.18 Å². The molecule has 80 valence electrons. The lowest BCUT2D eigenvalue weighted by Gasteiger charge is -2.18. The Morgan fingerprint density at radius 3 is 2.31 bits per heavy atom.